The maximum absolute atomic E-state index is 11.3. The average molecular weight is 256 g/mol. The van der Waals surface area contributed by atoms with Gasteiger partial charge < -0.3 is 10.6 Å². The molecule has 0 bridgehead atoms. The third-order valence-corrected chi connectivity index (χ3v) is 4.63. The first-order valence-electron chi connectivity index (χ1n) is 5.53. The molecule has 1 aromatic heterocycles. The van der Waals surface area contributed by atoms with Crippen LogP contribution in [0.4, 0.5) is 11.6 Å². The highest BCUT2D eigenvalue weighted by atomic mass is 32.2. The van der Waals surface area contributed by atoms with Crippen molar-refractivity contribution in [2.45, 2.75) is 6.42 Å². The fraction of sp³-hybridized carbons (Fsp3) is 0.600. The van der Waals surface area contributed by atoms with Crippen molar-refractivity contribution >= 4 is 21.5 Å². The highest BCUT2D eigenvalue weighted by Crippen LogP contribution is 2.18. The monoisotopic (exact) mass is 256 g/mol. The molecule has 6 nitrogen and oxygen atoms in total. The highest BCUT2D eigenvalue weighted by Gasteiger charge is 2.27. The Bertz CT molecular complexity index is 489. The van der Waals surface area contributed by atoms with E-state index in [2.05, 4.69) is 20.6 Å². The molecule has 0 aromatic carbocycles. The molecule has 7 heteroatoms. The predicted molar refractivity (Wildman–Crippen MR) is 66.8 cm³/mol. The van der Waals surface area contributed by atoms with Crippen LogP contribution in [0.15, 0.2) is 12.4 Å². The third kappa shape index (κ3) is 3.29. The van der Waals surface area contributed by atoms with Gasteiger partial charge in [0.2, 0.25) is 0 Å². The van der Waals surface area contributed by atoms with Gasteiger partial charge in [-0.2, -0.15) is 0 Å². The van der Waals surface area contributed by atoms with Crippen molar-refractivity contribution in [2.24, 2.45) is 5.92 Å². The molecule has 1 saturated heterocycles. The molecule has 94 valence electrons. The molecule has 1 fully saturated rings. The standard InChI is InChI=1S/C10H16N4O2S/c1-11-9-5-12-6-10(14-9)13-4-8-2-3-17(15,16)7-8/h5-6,8H,2-4,7H2,1H3,(H2,11,13,14). The predicted octanol–water partition coefficient (Wildman–Crippen LogP) is 0.365. The van der Waals surface area contributed by atoms with Crippen molar-refractivity contribution < 1.29 is 8.42 Å². The van der Waals surface area contributed by atoms with E-state index in [0.29, 0.717) is 23.9 Å². The van der Waals surface area contributed by atoms with Gasteiger partial charge in [-0.3, -0.25) is 4.98 Å². The second kappa shape index (κ2) is 4.87. The summed E-state index contributed by atoms with van der Waals surface area (Å²) >= 11 is 0. The van der Waals surface area contributed by atoms with Crippen LogP contribution in [0.3, 0.4) is 0 Å². The molecule has 0 amide bonds. The lowest BCUT2D eigenvalue weighted by molar-refractivity contribution is 0.595. The lowest BCUT2D eigenvalue weighted by Crippen LogP contribution is -2.16. The molecule has 0 aliphatic carbocycles. The highest BCUT2D eigenvalue weighted by molar-refractivity contribution is 7.91. The quantitative estimate of drug-likeness (QED) is 0.809. The summed E-state index contributed by atoms with van der Waals surface area (Å²) < 4.78 is 22.6. The van der Waals surface area contributed by atoms with E-state index in [9.17, 15) is 8.42 Å². The topological polar surface area (TPSA) is 84.0 Å². The molecule has 1 unspecified atom stereocenters. The number of aromatic nitrogens is 2. The maximum Gasteiger partial charge on any atom is 0.150 e. The van der Waals surface area contributed by atoms with Gasteiger partial charge in [0.05, 0.1) is 23.9 Å². The summed E-state index contributed by atoms with van der Waals surface area (Å²) in [5, 5.41) is 6.02. The minimum absolute atomic E-state index is 0.181. The molecule has 2 N–H and O–H groups in total. The van der Waals surface area contributed by atoms with Gasteiger partial charge in [0.1, 0.15) is 11.6 Å². The first-order valence-corrected chi connectivity index (χ1v) is 7.35. The molecule has 0 radical (unpaired) electrons. The molecular weight excluding hydrogens is 240 g/mol. The number of rotatable bonds is 4. The Morgan fingerprint density at radius 3 is 2.82 bits per heavy atom. The van der Waals surface area contributed by atoms with Crippen LogP contribution in [0.25, 0.3) is 0 Å². The van der Waals surface area contributed by atoms with E-state index in [1.54, 1.807) is 19.4 Å². The van der Waals surface area contributed by atoms with Gasteiger partial charge in [-0.15, -0.1) is 0 Å². The van der Waals surface area contributed by atoms with Gasteiger partial charge in [-0.1, -0.05) is 0 Å². The SMILES string of the molecule is CNc1cncc(NCC2CCS(=O)(=O)C2)n1. The lowest BCUT2D eigenvalue weighted by atomic mass is 10.1. The zero-order valence-electron chi connectivity index (χ0n) is 9.68. The van der Waals surface area contributed by atoms with Crippen molar-refractivity contribution in [1.82, 2.24) is 9.97 Å². The number of hydrogen-bond acceptors (Lipinski definition) is 6. The van der Waals surface area contributed by atoms with E-state index in [-0.39, 0.29) is 11.7 Å². The summed E-state index contributed by atoms with van der Waals surface area (Å²) in [5.74, 6) is 2.12. The summed E-state index contributed by atoms with van der Waals surface area (Å²) in [5.41, 5.74) is 0. The number of hydrogen-bond donors (Lipinski definition) is 2. The van der Waals surface area contributed by atoms with E-state index in [1.807, 2.05) is 0 Å². The van der Waals surface area contributed by atoms with Crippen LogP contribution in [-0.2, 0) is 9.84 Å². The Hall–Kier alpha value is -1.37. The van der Waals surface area contributed by atoms with Gasteiger partial charge in [-0.05, 0) is 12.3 Å². The van der Waals surface area contributed by atoms with Gasteiger partial charge in [0, 0.05) is 13.6 Å². The Labute approximate surface area is 101 Å². The molecular formula is C10H16N4O2S. The zero-order valence-corrected chi connectivity index (χ0v) is 10.5. The maximum atomic E-state index is 11.3. The first kappa shape index (κ1) is 12.1. The number of nitrogens with zero attached hydrogens (tertiary/aromatic N) is 2. The summed E-state index contributed by atoms with van der Waals surface area (Å²) in [7, 11) is -1.03. The first-order chi connectivity index (χ1) is 8.09. The molecule has 0 saturated carbocycles. The Morgan fingerprint density at radius 2 is 2.18 bits per heavy atom. The minimum atomic E-state index is -2.80. The van der Waals surface area contributed by atoms with Crippen molar-refractivity contribution in [3.63, 3.8) is 0 Å². The third-order valence-electron chi connectivity index (χ3n) is 2.79. The van der Waals surface area contributed by atoms with E-state index in [1.165, 1.54) is 0 Å². The molecule has 1 aliphatic rings. The van der Waals surface area contributed by atoms with Gasteiger partial charge in [-0.25, -0.2) is 13.4 Å². The van der Waals surface area contributed by atoms with E-state index in [0.717, 1.165) is 6.42 Å². The molecule has 0 spiro atoms. The van der Waals surface area contributed by atoms with E-state index >= 15 is 0 Å². The number of sulfone groups is 1. The van der Waals surface area contributed by atoms with Crippen LogP contribution in [-0.4, -0.2) is 43.5 Å². The molecule has 1 aromatic rings. The fourth-order valence-electron chi connectivity index (χ4n) is 1.85. The van der Waals surface area contributed by atoms with Crippen LogP contribution < -0.4 is 10.6 Å². The number of anilines is 2. The van der Waals surface area contributed by atoms with Gasteiger partial charge in [0.15, 0.2) is 9.84 Å². The largest absolute Gasteiger partial charge is 0.372 e. The van der Waals surface area contributed by atoms with E-state index < -0.39 is 9.84 Å². The van der Waals surface area contributed by atoms with Crippen LogP contribution in [0.2, 0.25) is 0 Å². The molecule has 17 heavy (non-hydrogen) atoms. The Balaban J connectivity index is 1.90. The van der Waals surface area contributed by atoms with E-state index in [4.69, 9.17) is 0 Å². The van der Waals surface area contributed by atoms with Crippen LogP contribution in [0.1, 0.15) is 6.42 Å². The van der Waals surface area contributed by atoms with Gasteiger partial charge >= 0.3 is 0 Å². The van der Waals surface area contributed by atoms with Crippen molar-refractivity contribution in [2.75, 3.05) is 35.7 Å². The second-order valence-corrected chi connectivity index (χ2v) is 6.42. The lowest BCUT2D eigenvalue weighted by Gasteiger charge is -2.10. The van der Waals surface area contributed by atoms with Crippen LogP contribution >= 0.6 is 0 Å². The minimum Gasteiger partial charge on any atom is -0.372 e. The van der Waals surface area contributed by atoms with Gasteiger partial charge in [0.25, 0.3) is 0 Å². The fourth-order valence-corrected chi connectivity index (χ4v) is 3.72. The average Bonchev–Trinajstić information content (AvgIpc) is 2.67. The summed E-state index contributed by atoms with van der Waals surface area (Å²) in [6.45, 7) is 0.626. The summed E-state index contributed by atoms with van der Waals surface area (Å²) in [6, 6.07) is 0. The molecule has 1 aliphatic heterocycles. The normalized spacial score (nSPS) is 22.3. The Kier molecular flexibility index (Phi) is 3.46. The van der Waals surface area contributed by atoms with Crippen LogP contribution in [0.5, 0.6) is 0 Å². The van der Waals surface area contributed by atoms with Crippen molar-refractivity contribution in [3.8, 4) is 0 Å². The zero-order chi connectivity index (χ0) is 12.3. The molecule has 1 atom stereocenters. The van der Waals surface area contributed by atoms with Crippen molar-refractivity contribution in [1.29, 1.82) is 0 Å². The summed E-state index contributed by atoms with van der Waals surface area (Å²) in [4.78, 5) is 8.28. The second-order valence-electron chi connectivity index (χ2n) is 4.19. The van der Waals surface area contributed by atoms with Crippen LogP contribution in [0, 0.1) is 5.92 Å². The Morgan fingerprint density at radius 1 is 1.41 bits per heavy atom. The molecule has 2 heterocycles. The number of nitrogens with one attached hydrogen (secondary N) is 2. The molecule has 2 rings (SSSR count). The summed E-state index contributed by atoms with van der Waals surface area (Å²) in [6.07, 6.45) is 3.99. The van der Waals surface area contributed by atoms with Crippen molar-refractivity contribution in [3.05, 3.63) is 12.4 Å². The smallest absolute Gasteiger partial charge is 0.150 e.